The monoisotopic (exact) mass is 413 g/mol. The molecule has 150 valence electrons. The van der Waals surface area contributed by atoms with Crippen molar-refractivity contribution in [2.75, 3.05) is 18.9 Å². The minimum Gasteiger partial charge on any atom is -0.450 e. The van der Waals surface area contributed by atoms with Crippen molar-refractivity contribution in [1.29, 1.82) is 0 Å². The van der Waals surface area contributed by atoms with Crippen molar-refractivity contribution >= 4 is 23.6 Å². The van der Waals surface area contributed by atoms with Crippen LogP contribution in [0.25, 0.3) is 11.3 Å². The molecule has 1 amide bonds. The number of hydrogen-bond donors (Lipinski definition) is 1. The summed E-state index contributed by atoms with van der Waals surface area (Å²) < 4.78 is 24.1. The summed E-state index contributed by atoms with van der Waals surface area (Å²) in [6.07, 6.45) is 0. The number of nitrogens with one attached hydrogen (secondary N) is 1. The largest absolute Gasteiger partial charge is 0.450 e. The second-order valence-electron chi connectivity index (χ2n) is 6.23. The molecule has 0 unspecified atom stereocenters. The van der Waals surface area contributed by atoms with E-state index in [0.29, 0.717) is 12.3 Å². The number of benzene rings is 2. The van der Waals surface area contributed by atoms with Gasteiger partial charge in [0.15, 0.2) is 6.61 Å². The van der Waals surface area contributed by atoms with Crippen LogP contribution in [0.5, 0.6) is 0 Å². The second kappa shape index (κ2) is 9.93. The molecular weight excluding hydrogens is 393 g/mol. The van der Waals surface area contributed by atoms with Crippen LogP contribution in [0.4, 0.5) is 4.39 Å². The van der Waals surface area contributed by atoms with Crippen molar-refractivity contribution in [2.24, 2.45) is 0 Å². The molecule has 0 radical (unpaired) electrons. The van der Waals surface area contributed by atoms with E-state index in [2.05, 4.69) is 5.32 Å². The van der Waals surface area contributed by atoms with Gasteiger partial charge in [0, 0.05) is 17.2 Å². The molecule has 0 bridgehead atoms. The highest BCUT2D eigenvalue weighted by Crippen LogP contribution is 2.25. The molecule has 0 aliphatic carbocycles. The molecule has 0 aliphatic rings. The lowest BCUT2D eigenvalue weighted by Gasteiger charge is -2.06. The third-order valence-electron chi connectivity index (χ3n) is 3.99. The number of amides is 1. The Balaban J connectivity index is 1.40. The summed E-state index contributed by atoms with van der Waals surface area (Å²) in [5, 5.41) is 2.69. The minimum absolute atomic E-state index is 0.0917. The molecule has 1 N–H and O–H groups in total. The zero-order valence-corrected chi connectivity index (χ0v) is 16.6. The highest BCUT2D eigenvalue weighted by molar-refractivity contribution is 7.99. The minimum atomic E-state index is -0.781. The highest BCUT2D eigenvalue weighted by atomic mass is 32.2. The molecular formula is C22H20FNO4S. The summed E-state index contributed by atoms with van der Waals surface area (Å²) in [6.45, 7) is 2.07. The van der Waals surface area contributed by atoms with Gasteiger partial charge in [-0.3, -0.25) is 4.79 Å². The lowest BCUT2D eigenvalue weighted by molar-refractivity contribution is -0.124. The molecule has 29 heavy (non-hydrogen) atoms. The highest BCUT2D eigenvalue weighted by Gasteiger charge is 2.16. The molecule has 1 heterocycles. The van der Waals surface area contributed by atoms with Crippen molar-refractivity contribution in [3.63, 3.8) is 0 Å². The SMILES string of the molecule is Cc1ccc(SCCNC(=O)COC(=O)c2ccc(-c3ccccc3F)o2)cc1. The van der Waals surface area contributed by atoms with Gasteiger partial charge in [-0.25, -0.2) is 9.18 Å². The zero-order chi connectivity index (χ0) is 20.6. The molecule has 1 aromatic heterocycles. The van der Waals surface area contributed by atoms with E-state index in [0.717, 1.165) is 4.90 Å². The second-order valence-corrected chi connectivity index (χ2v) is 7.40. The fourth-order valence-corrected chi connectivity index (χ4v) is 3.27. The molecule has 0 saturated heterocycles. The van der Waals surface area contributed by atoms with Crippen LogP contribution in [0.15, 0.2) is 70.0 Å². The number of esters is 1. The van der Waals surface area contributed by atoms with E-state index in [1.54, 1.807) is 30.0 Å². The van der Waals surface area contributed by atoms with Crippen LogP contribution < -0.4 is 5.32 Å². The molecule has 3 aromatic rings. The maximum Gasteiger partial charge on any atom is 0.374 e. The summed E-state index contributed by atoms with van der Waals surface area (Å²) >= 11 is 1.63. The molecule has 0 atom stereocenters. The maximum absolute atomic E-state index is 13.8. The number of halogens is 1. The molecule has 2 aromatic carbocycles. The summed E-state index contributed by atoms with van der Waals surface area (Å²) in [4.78, 5) is 25.0. The summed E-state index contributed by atoms with van der Waals surface area (Å²) in [6, 6.07) is 17.1. The molecule has 0 saturated carbocycles. The first-order valence-corrected chi connectivity index (χ1v) is 9.99. The summed E-state index contributed by atoms with van der Waals surface area (Å²) in [5.74, 6) is -0.809. The van der Waals surface area contributed by atoms with Gasteiger partial charge in [-0.1, -0.05) is 29.8 Å². The van der Waals surface area contributed by atoms with Gasteiger partial charge < -0.3 is 14.5 Å². The van der Waals surface area contributed by atoms with Gasteiger partial charge in [-0.05, 0) is 43.3 Å². The van der Waals surface area contributed by atoms with E-state index >= 15 is 0 Å². The number of aryl methyl sites for hydroxylation is 1. The van der Waals surface area contributed by atoms with Crippen molar-refractivity contribution < 1.29 is 23.1 Å². The van der Waals surface area contributed by atoms with Crippen molar-refractivity contribution in [1.82, 2.24) is 5.32 Å². The average molecular weight is 413 g/mol. The van der Waals surface area contributed by atoms with Gasteiger partial charge in [-0.15, -0.1) is 11.8 Å². The predicted octanol–water partition coefficient (Wildman–Crippen LogP) is 4.46. The Morgan fingerprint density at radius 2 is 1.83 bits per heavy atom. The van der Waals surface area contributed by atoms with Crippen molar-refractivity contribution in [2.45, 2.75) is 11.8 Å². The van der Waals surface area contributed by atoms with Gasteiger partial charge in [0.25, 0.3) is 5.91 Å². The number of carbonyl (C=O) groups excluding carboxylic acids is 2. The molecule has 0 fully saturated rings. The van der Waals surface area contributed by atoms with Gasteiger partial charge in [0.2, 0.25) is 5.76 Å². The van der Waals surface area contributed by atoms with Crippen LogP contribution in [0, 0.1) is 12.7 Å². The number of rotatable bonds is 8. The third kappa shape index (κ3) is 5.96. The van der Waals surface area contributed by atoms with E-state index in [1.807, 2.05) is 31.2 Å². The van der Waals surface area contributed by atoms with Crippen molar-refractivity contribution in [3.05, 3.63) is 77.8 Å². The van der Waals surface area contributed by atoms with E-state index in [-0.39, 0.29) is 17.1 Å². The zero-order valence-electron chi connectivity index (χ0n) is 15.8. The standard InChI is InChI=1S/C22H20FNO4S/c1-15-6-8-16(9-7-15)29-13-12-24-21(25)14-27-22(26)20-11-10-19(28-20)17-4-2-3-5-18(17)23/h2-11H,12-14H2,1H3,(H,24,25). The Morgan fingerprint density at radius 3 is 2.59 bits per heavy atom. The van der Waals surface area contributed by atoms with Crippen LogP contribution in [-0.4, -0.2) is 30.8 Å². The number of furan rings is 1. The Labute approximate surface area is 172 Å². The number of ether oxygens (including phenoxy) is 1. The van der Waals surface area contributed by atoms with E-state index in [4.69, 9.17) is 9.15 Å². The van der Waals surface area contributed by atoms with Crippen molar-refractivity contribution in [3.8, 4) is 11.3 Å². The molecule has 0 aliphatic heterocycles. The molecule has 0 spiro atoms. The predicted molar refractivity (Wildman–Crippen MR) is 109 cm³/mol. The summed E-state index contributed by atoms with van der Waals surface area (Å²) in [7, 11) is 0. The van der Waals surface area contributed by atoms with E-state index in [1.165, 1.54) is 23.8 Å². The average Bonchev–Trinajstić information content (AvgIpc) is 3.21. The van der Waals surface area contributed by atoms with Gasteiger partial charge in [-0.2, -0.15) is 0 Å². The lowest BCUT2D eigenvalue weighted by Crippen LogP contribution is -2.30. The Bertz CT molecular complexity index is 984. The molecule has 5 nitrogen and oxygen atoms in total. The van der Waals surface area contributed by atoms with E-state index < -0.39 is 24.3 Å². The van der Waals surface area contributed by atoms with Crippen LogP contribution in [0.2, 0.25) is 0 Å². The topological polar surface area (TPSA) is 68.5 Å². The smallest absolute Gasteiger partial charge is 0.374 e. The lowest BCUT2D eigenvalue weighted by atomic mass is 10.1. The normalized spacial score (nSPS) is 10.6. The fourth-order valence-electron chi connectivity index (χ4n) is 2.50. The fraction of sp³-hybridized carbons (Fsp3) is 0.182. The third-order valence-corrected chi connectivity index (χ3v) is 5.01. The number of thioether (sulfide) groups is 1. The Kier molecular flexibility index (Phi) is 7.08. The van der Waals surface area contributed by atoms with Gasteiger partial charge in [0.05, 0.1) is 5.56 Å². The van der Waals surface area contributed by atoms with Crippen LogP contribution in [0.1, 0.15) is 16.1 Å². The van der Waals surface area contributed by atoms with Crippen LogP contribution >= 0.6 is 11.8 Å². The van der Waals surface area contributed by atoms with Gasteiger partial charge >= 0.3 is 5.97 Å². The summed E-state index contributed by atoms with van der Waals surface area (Å²) in [5.41, 5.74) is 1.44. The Morgan fingerprint density at radius 1 is 1.07 bits per heavy atom. The first kappa shape index (κ1) is 20.7. The quantitative estimate of drug-likeness (QED) is 0.335. The molecule has 7 heteroatoms. The van der Waals surface area contributed by atoms with E-state index in [9.17, 15) is 14.0 Å². The number of hydrogen-bond acceptors (Lipinski definition) is 5. The Hall–Kier alpha value is -3.06. The first-order valence-electron chi connectivity index (χ1n) is 9.01. The molecule has 3 rings (SSSR count). The van der Waals surface area contributed by atoms with Gasteiger partial charge in [0.1, 0.15) is 11.6 Å². The van der Waals surface area contributed by atoms with Crippen LogP contribution in [-0.2, 0) is 9.53 Å². The maximum atomic E-state index is 13.8. The van der Waals surface area contributed by atoms with Crippen LogP contribution in [0.3, 0.4) is 0 Å². The number of carbonyl (C=O) groups is 2. The first-order chi connectivity index (χ1) is 14.0.